The van der Waals surface area contributed by atoms with E-state index in [0.717, 1.165) is 5.57 Å². The summed E-state index contributed by atoms with van der Waals surface area (Å²) in [5, 5.41) is 3.95. The van der Waals surface area contributed by atoms with E-state index in [-0.39, 0.29) is 0 Å². The lowest BCUT2D eigenvalue weighted by atomic mass is 10.2. The van der Waals surface area contributed by atoms with Crippen molar-refractivity contribution in [2.75, 3.05) is 7.05 Å². The highest BCUT2D eigenvalue weighted by atomic mass is 16.3. The van der Waals surface area contributed by atoms with Crippen LogP contribution >= 0.6 is 0 Å². The predicted octanol–water partition coefficient (Wildman–Crippen LogP) is 3.27. The van der Waals surface area contributed by atoms with Gasteiger partial charge < -0.3 is 0 Å². The molecule has 0 aliphatic heterocycles. The van der Waals surface area contributed by atoms with Crippen LogP contribution in [0.1, 0.15) is 20.8 Å². The molecule has 0 heterocycles. The zero-order chi connectivity index (χ0) is 10.9. The molecule has 3 heteroatoms. The fourth-order valence-electron chi connectivity index (χ4n) is 0.682. The molecule has 0 fully saturated rings. The number of allylic oxidation sites excluding steroid dienone is 3. The van der Waals surface area contributed by atoms with Crippen molar-refractivity contribution in [2.24, 2.45) is 5.29 Å². The number of nitrogens with zero attached hydrogens (tertiary/aromatic N) is 2. The van der Waals surface area contributed by atoms with Crippen LogP contribution in [0.3, 0.4) is 0 Å². The molecular formula is C10H18N2O. The Morgan fingerprint density at radius 1 is 1.46 bits per heavy atom. The number of rotatable bonds is 4. The van der Waals surface area contributed by atoms with Crippen LogP contribution in [0, 0.1) is 4.91 Å². The Morgan fingerprint density at radius 2 is 1.92 bits per heavy atom. The van der Waals surface area contributed by atoms with Crippen LogP contribution in [0.2, 0.25) is 0 Å². The SMILES string of the molecule is C=C/C=C(\C(=C)C)N(C)N=O.CC. The molecule has 0 aromatic carbocycles. The number of hydrogen-bond acceptors (Lipinski definition) is 2. The molecule has 0 unspecified atom stereocenters. The highest BCUT2D eigenvalue weighted by Gasteiger charge is 2.02. The van der Waals surface area contributed by atoms with E-state index in [9.17, 15) is 4.91 Å². The molecule has 0 saturated carbocycles. The van der Waals surface area contributed by atoms with Crippen LogP contribution in [-0.4, -0.2) is 12.1 Å². The number of likely N-dealkylation sites (N-methyl/N-ethyl adjacent to an activating group) is 1. The molecule has 0 bridgehead atoms. The van der Waals surface area contributed by atoms with E-state index >= 15 is 0 Å². The van der Waals surface area contributed by atoms with Gasteiger partial charge in [-0.2, -0.15) is 0 Å². The van der Waals surface area contributed by atoms with Gasteiger partial charge >= 0.3 is 0 Å². The first-order chi connectivity index (χ1) is 6.13. The lowest BCUT2D eigenvalue weighted by molar-refractivity contribution is 0.448. The fourth-order valence-corrected chi connectivity index (χ4v) is 0.682. The van der Waals surface area contributed by atoms with E-state index in [2.05, 4.69) is 18.4 Å². The molecule has 0 aromatic heterocycles. The summed E-state index contributed by atoms with van der Waals surface area (Å²) in [6.45, 7) is 13.0. The van der Waals surface area contributed by atoms with Crippen LogP contribution in [0.15, 0.2) is 41.9 Å². The molecule has 13 heavy (non-hydrogen) atoms. The van der Waals surface area contributed by atoms with Crippen LogP contribution in [-0.2, 0) is 0 Å². The molecule has 74 valence electrons. The largest absolute Gasteiger partial charge is 0.232 e. The van der Waals surface area contributed by atoms with Crippen LogP contribution < -0.4 is 0 Å². The van der Waals surface area contributed by atoms with E-state index < -0.39 is 0 Å². The molecule has 0 saturated heterocycles. The summed E-state index contributed by atoms with van der Waals surface area (Å²) < 4.78 is 0. The Hall–Kier alpha value is -1.38. The minimum atomic E-state index is 0.676. The first kappa shape index (κ1) is 14.2. The van der Waals surface area contributed by atoms with Crippen LogP contribution in [0.4, 0.5) is 0 Å². The summed E-state index contributed by atoms with van der Waals surface area (Å²) in [5.74, 6) is 0. The summed E-state index contributed by atoms with van der Waals surface area (Å²) in [4.78, 5) is 10.1. The summed E-state index contributed by atoms with van der Waals surface area (Å²) in [7, 11) is 1.57. The van der Waals surface area contributed by atoms with Gasteiger partial charge in [-0.25, -0.2) is 5.01 Å². The quantitative estimate of drug-likeness (QED) is 0.380. The van der Waals surface area contributed by atoms with Crippen molar-refractivity contribution < 1.29 is 0 Å². The van der Waals surface area contributed by atoms with E-state index in [1.165, 1.54) is 5.01 Å². The van der Waals surface area contributed by atoms with Crippen molar-refractivity contribution >= 4 is 0 Å². The van der Waals surface area contributed by atoms with Gasteiger partial charge in [0.15, 0.2) is 0 Å². The summed E-state index contributed by atoms with van der Waals surface area (Å²) in [5.41, 5.74) is 1.46. The smallest absolute Gasteiger partial charge is 0.0645 e. The third-order valence-electron chi connectivity index (χ3n) is 1.18. The van der Waals surface area contributed by atoms with E-state index in [0.29, 0.717) is 5.70 Å². The second-order valence-corrected chi connectivity index (χ2v) is 2.17. The van der Waals surface area contributed by atoms with Gasteiger partial charge in [-0.1, -0.05) is 33.1 Å². The molecule has 0 atom stereocenters. The predicted molar refractivity (Wildman–Crippen MR) is 58.0 cm³/mol. The molecule has 0 aliphatic carbocycles. The molecule has 0 radical (unpaired) electrons. The molecule has 0 N–H and O–H groups in total. The monoisotopic (exact) mass is 182 g/mol. The third kappa shape index (κ3) is 5.84. The Labute approximate surface area is 80.4 Å². The van der Waals surface area contributed by atoms with Gasteiger partial charge in [-0.05, 0) is 18.6 Å². The average molecular weight is 182 g/mol. The van der Waals surface area contributed by atoms with Crippen molar-refractivity contribution in [3.63, 3.8) is 0 Å². The zero-order valence-corrected chi connectivity index (χ0v) is 8.87. The fraction of sp³-hybridized carbons (Fsp3) is 0.400. The first-order valence-corrected chi connectivity index (χ1v) is 4.19. The Morgan fingerprint density at radius 3 is 2.15 bits per heavy atom. The van der Waals surface area contributed by atoms with Gasteiger partial charge in [-0.3, -0.25) is 0 Å². The molecule has 0 amide bonds. The van der Waals surface area contributed by atoms with E-state index in [1.807, 2.05) is 13.8 Å². The normalized spacial score (nSPS) is 9.38. The molecular weight excluding hydrogens is 164 g/mol. The molecule has 3 nitrogen and oxygen atoms in total. The maximum absolute atomic E-state index is 10.1. The Bertz CT molecular complexity index is 207. The lowest BCUT2D eigenvalue weighted by Gasteiger charge is -2.11. The van der Waals surface area contributed by atoms with Gasteiger partial charge in [0.05, 0.1) is 11.0 Å². The minimum Gasteiger partial charge on any atom is -0.232 e. The van der Waals surface area contributed by atoms with E-state index in [1.54, 1.807) is 26.1 Å². The highest BCUT2D eigenvalue weighted by molar-refractivity contribution is 5.27. The standard InChI is InChI=1S/C8H12N2O.C2H6/c1-5-6-8(7(2)3)10(4)9-11;1-2/h5-6H,1-2H2,3-4H3;1-2H3/b8-6+;. The van der Waals surface area contributed by atoms with Crippen molar-refractivity contribution in [3.05, 3.63) is 41.5 Å². The molecule has 0 spiro atoms. The first-order valence-electron chi connectivity index (χ1n) is 4.19. The third-order valence-corrected chi connectivity index (χ3v) is 1.18. The average Bonchev–Trinajstić information content (AvgIpc) is 2.15. The van der Waals surface area contributed by atoms with Gasteiger partial charge in [-0.15, -0.1) is 4.91 Å². The Balaban J connectivity index is 0. The zero-order valence-electron chi connectivity index (χ0n) is 8.87. The second kappa shape index (κ2) is 8.71. The maximum atomic E-state index is 10.1. The second-order valence-electron chi connectivity index (χ2n) is 2.17. The molecule has 0 aliphatic rings. The van der Waals surface area contributed by atoms with Gasteiger partial charge in [0.25, 0.3) is 0 Å². The molecule has 0 aromatic rings. The number of hydrogen-bond donors (Lipinski definition) is 0. The van der Waals surface area contributed by atoms with Crippen molar-refractivity contribution in [2.45, 2.75) is 20.8 Å². The van der Waals surface area contributed by atoms with E-state index in [4.69, 9.17) is 0 Å². The van der Waals surface area contributed by atoms with Crippen molar-refractivity contribution in [3.8, 4) is 0 Å². The van der Waals surface area contributed by atoms with Gasteiger partial charge in [0, 0.05) is 7.05 Å². The topological polar surface area (TPSA) is 32.7 Å². The summed E-state index contributed by atoms with van der Waals surface area (Å²) >= 11 is 0. The van der Waals surface area contributed by atoms with Crippen LogP contribution in [0.25, 0.3) is 0 Å². The van der Waals surface area contributed by atoms with Crippen molar-refractivity contribution in [1.29, 1.82) is 0 Å². The Kier molecular flexibility index (Phi) is 9.49. The summed E-state index contributed by atoms with van der Waals surface area (Å²) in [6.07, 6.45) is 3.27. The summed E-state index contributed by atoms with van der Waals surface area (Å²) in [6, 6.07) is 0. The van der Waals surface area contributed by atoms with Gasteiger partial charge in [0.2, 0.25) is 0 Å². The van der Waals surface area contributed by atoms with Crippen LogP contribution in [0.5, 0.6) is 0 Å². The van der Waals surface area contributed by atoms with Crippen molar-refractivity contribution in [1.82, 2.24) is 5.01 Å². The maximum Gasteiger partial charge on any atom is 0.0645 e. The number of nitroso groups, excluding NO2 is 1. The highest BCUT2D eigenvalue weighted by Crippen LogP contribution is 2.10. The lowest BCUT2D eigenvalue weighted by Crippen LogP contribution is -2.09. The molecule has 0 rings (SSSR count). The minimum absolute atomic E-state index is 0.676. The van der Waals surface area contributed by atoms with Gasteiger partial charge in [0.1, 0.15) is 0 Å².